The van der Waals surface area contributed by atoms with Gasteiger partial charge in [0, 0.05) is 38.1 Å². The Hall–Kier alpha value is -3.12. The van der Waals surface area contributed by atoms with Crippen molar-refractivity contribution >= 4 is 17.5 Å². The van der Waals surface area contributed by atoms with Gasteiger partial charge in [0.05, 0.1) is 0 Å². The fraction of sp³-hybridized carbons (Fsp3) is 0.360. The van der Waals surface area contributed by atoms with E-state index < -0.39 is 0 Å². The lowest BCUT2D eigenvalue weighted by atomic mass is 9.99. The molecule has 2 aromatic carbocycles. The molecular weight excluding hydrogens is 384 g/mol. The summed E-state index contributed by atoms with van der Waals surface area (Å²) in [7, 11) is 4.12. The first kappa shape index (κ1) is 21.1. The van der Waals surface area contributed by atoms with E-state index >= 15 is 0 Å². The molecule has 0 spiro atoms. The molecule has 1 aromatic heterocycles. The minimum atomic E-state index is 0.292. The van der Waals surface area contributed by atoms with E-state index in [1.165, 1.54) is 37.2 Å². The standard InChI is InChI=1S/C25H32N6/c1-30(2)22-11-6-9-20(17-22)19-8-5-10-21(16-19)23-18-28-25(26)29-24(23)27-12-7-15-31-13-3-4-14-31/h5-6,8-11,16-18H,3-4,7,12-15H2,1-2H3,(H3,26,27,28,29). The van der Waals surface area contributed by atoms with Crippen LogP contribution >= 0.6 is 0 Å². The largest absolute Gasteiger partial charge is 0.378 e. The molecule has 1 aliphatic rings. The van der Waals surface area contributed by atoms with Crippen LogP contribution in [-0.4, -0.2) is 55.1 Å². The van der Waals surface area contributed by atoms with Crippen LogP contribution in [-0.2, 0) is 0 Å². The number of hydrogen-bond acceptors (Lipinski definition) is 6. The maximum absolute atomic E-state index is 5.90. The number of rotatable bonds is 8. The SMILES string of the molecule is CN(C)c1cccc(-c2cccc(-c3cnc(N)nc3NCCCN3CCCC3)c2)c1. The van der Waals surface area contributed by atoms with E-state index in [2.05, 4.69) is 87.7 Å². The van der Waals surface area contributed by atoms with Crippen molar-refractivity contribution in [1.29, 1.82) is 0 Å². The van der Waals surface area contributed by atoms with Crippen LogP contribution in [0.25, 0.3) is 22.3 Å². The van der Waals surface area contributed by atoms with Crippen molar-refractivity contribution in [2.45, 2.75) is 19.3 Å². The number of nitrogen functional groups attached to an aromatic ring is 1. The Morgan fingerprint density at radius 3 is 2.48 bits per heavy atom. The van der Waals surface area contributed by atoms with Crippen molar-refractivity contribution < 1.29 is 0 Å². The van der Waals surface area contributed by atoms with Crippen LogP contribution in [0.2, 0.25) is 0 Å². The molecular formula is C25H32N6. The van der Waals surface area contributed by atoms with E-state index in [4.69, 9.17) is 5.73 Å². The third-order valence-corrected chi connectivity index (χ3v) is 5.82. The monoisotopic (exact) mass is 416 g/mol. The molecule has 2 heterocycles. The number of nitrogens with one attached hydrogen (secondary N) is 1. The molecule has 0 saturated carbocycles. The van der Waals surface area contributed by atoms with E-state index in [0.717, 1.165) is 42.0 Å². The van der Waals surface area contributed by atoms with Gasteiger partial charge in [-0.2, -0.15) is 4.98 Å². The van der Waals surface area contributed by atoms with Gasteiger partial charge >= 0.3 is 0 Å². The van der Waals surface area contributed by atoms with Gasteiger partial charge < -0.3 is 20.9 Å². The molecule has 0 bridgehead atoms. The third kappa shape index (κ3) is 5.33. The average Bonchev–Trinajstić information content (AvgIpc) is 3.31. The number of aromatic nitrogens is 2. The molecule has 6 heteroatoms. The van der Waals surface area contributed by atoms with Gasteiger partial charge in [-0.1, -0.05) is 30.3 Å². The predicted octanol–water partition coefficient (Wildman–Crippen LogP) is 4.36. The highest BCUT2D eigenvalue weighted by molar-refractivity contribution is 5.80. The van der Waals surface area contributed by atoms with Crippen molar-refractivity contribution in [3.05, 3.63) is 54.7 Å². The summed E-state index contributed by atoms with van der Waals surface area (Å²) in [4.78, 5) is 13.4. The molecule has 1 aliphatic heterocycles. The summed E-state index contributed by atoms with van der Waals surface area (Å²) < 4.78 is 0. The smallest absolute Gasteiger partial charge is 0.221 e. The Morgan fingerprint density at radius 2 is 1.71 bits per heavy atom. The molecule has 4 rings (SSSR count). The zero-order valence-electron chi connectivity index (χ0n) is 18.5. The van der Waals surface area contributed by atoms with E-state index in [9.17, 15) is 0 Å². The first-order valence-electron chi connectivity index (χ1n) is 11.1. The van der Waals surface area contributed by atoms with Gasteiger partial charge in [0.1, 0.15) is 5.82 Å². The molecule has 0 atom stereocenters. The number of benzene rings is 2. The second kappa shape index (κ2) is 9.79. The summed E-state index contributed by atoms with van der Waals surface area (Å²) in [5, 5.41) is 3.50. The number of hydrogen-bond donors (Lipinski definition) is 2. The minimum Gasteiger partial charge on any atom is -0.378 e. The van der Waals surface area contributed by atoms with Crippen molar-refractivity contribution in [2.24, 2.45) is 0 Å². The topological polar surface area (TPSA) is 70.3 Å². The quantitative estimate of drug-likeness (QED) is 0.532. The second-order valence-electron chi connectivity index (χ2n) is 8.35. The van der Waals surface area contributed by atoms with Gasteiger partial charge in [-0.05, 0) is 73.8 Å². The van der Waals surface area contributed by atoms with Crippen LogP contribution in [0.3, 0.4) is 0 Å². The second-order valence-corrected chi connectivity index (χ2v) is 8.35. The number of nitrogens with two attached hydrogens (primary N) is 1. The Labute approximate surface area is 185 Å². The predicted molar refractivity (Wildman–Crippen MR) is 130 cm³/mol. The fourth-order valence-corrected chi connectivity index (χ4v) is 4.09. The minimum absolute atomic E-state index is 0.292. The van der Waals surface area contributed by atoms with E-state index in [-0.39, 0.29) is 0 Å². The number of nitrogens with zero attached hydrogens (tertiary/aromatic N) is 4. The Balaban J connectivity index is 1.53. The molecule has 0 unspecified atom stereocenters. The van der Waals surface area contributed by atoms with Gasteiger partial charge in [-0.15, -0.1) is 0 Å². The van der Waals surface area contributed by atoms with Gasteiger partial charge in [-0.3, -0.25) is 0 Å². The summed E-state index contributed by atoms with van der Waals surface area (Å²) >= 11 is 0. The molecule has 1 fully saturated rings. The third-order valence-electron chi connectivity index (χ3n) is 5.82. The summed E-state index contributed by atoms with van der Waals surface area (Å²) in [6.07, 6.45) is 5.56. The Bertz CT molecular complexity index is 1010. The Morgan fingerprint density at radius 1 is 1.00 bits per heavy atom. The van der Waals surface area contributed by atoms with Crippen LogP contribution in [0.15, 0.2) is 54.7 Å². The molecule has 3 aromatic rings. The van der Waals surface area contributed by atoms with Gasteiger partial charge in [0.25, 0.3) is 0 Å². The van der Waals surface area contributed by atoms with E-state index in [0.29, 0.717) is 5.95 Å². The molecule has 162 valence electrons. The van der Waals surface area contributed by atoms with Crippen LogP contribution in [0.1, 0.15) is 19.3 Å². The molecule has 6 nitrogen and oxygen atoms in total. The van der Waals surface area contributed by atoms with Crippen molar-refractivity contribution in [3.8, 4) is 22.3 Å². The summed E-state index contributed by atoms with van der Waals surface area (Å²) in [5.41, 5.74) is 11.5. The normalized spacial score (nSPS) is 14.0. The van der Waals surface area contributed by atoms with Gasteiger partial charge in [0.2, 0.25) is 5.95 Å². The molecule has 3 N–H and O–H groups in total. The highest BCUT2D eigenvalue weighted by Crippen LogP contribution is 2.31. The highest BCUT2D eigenvalue weighted by atomic mass is 15.1. The van der Waals surface area contributed by atoms with Crippen molar-refractivity contribution in [1.82, 2.24) is 14.9 Å². The zero-order valence-corrected chi connectivity index (χ0v) is 18.5. The fourth-order valence-electron chi connectivity index (χ4n) is 4.09. The van der Waals surface area contributed by atoms with Gasteiger partial charge in [0.15, 0.2) is 0 Å². The summed E-state index contributed by atoms with van der Waals surface area (Å²) in [5.74, 6) is 1.09. The van der Waals surface area contributed by atoms with E-state index in [1.54, 1.807) is 0 Å². The van der Waals surface area contributed by atoms with Crippen molar-refractivity contribution in [2.75, 3.05) is 56.2 Å². The lowest BCUT2D eigenvalue weighted by molar-refractivity contribution is 0.337. The zero-order chi connectivity index (χ0) is 21.6. The molecule has 1 saturated heterocycles. The lowest BCUT2D eigenvalue weighted by Crippen LogP contribution is -2.22. The Kier molecular flexibility index (Phi) is 6.67. The molecule has 0 amide bonds. The van der Waals surface area contributed by atoms with Crippen LogP contribution in [0.4, 0.5) is 17.5 Å². The number of anilines is 3. The molecule has 0 aliphatic carbocycles. The lowest BCUT2D eigenvalue weighted by Gasteiger charge is -2.16. The number of likely N-dealkylation sites (tertiary alicyclic amines) is 1. The first-order valence-corrected chi connectivity index (χ1v) is 11.1. The van der Waals surface area contributed by atoms with Crippen LogP contribution in [0, 0.1) is 0 Å². The maximum atomic E-state index is 5.90. The van der Waals surface area contributed by atoms with E-state index in [1.807, 2.05) is 6.20 Å². The first-order chi connectivity index (χ1) is 15.1. The average molecular weight is 417 g/mol. The molecule has 31 heavy (non-hydrogen) atoms. The van der Waals surface area contributed by atoms with Crippen LogP contribution < -0.4 is 16.0 Å². The summed E-state index contributed by atoms with van der Waals surface area (Å²) in [6, 6.07) is 17.1. The molecule has 0 radical (unpaired) electrons. The maximum Gasteiger partial charge on any atom is 0.221 e. The van der Waals surface area contributed by atoms with Crippen LogP contribution in [0.5, 0.6) is 0 Å². The highest BCUT2D eigenvalue weighted by Gasteiger charge is 2.12. The summed E-state index contributed by atoms with van der Waals surface area (Å²) in [6.45, 7) is 4.45. The van der Waals surface area contributed by atoms with Gasteiger partial charge in [-0.25, -0.2) is 4.98 Å². The van der Waals surface area contributed by atoms with Crippen molar-refractivity contribution in [3.63, 3.8) is 0 Å².